The molecule has 2 aliphatic rings. The summed E-state index contributed by atoms with van der Waals surface area (Å²) in [6, 6.07) is 26.6. The van der Waals surface area contributed by atoms with Gasteiger partial charge >= 0.3 is 0 Å². The summed E-state index contributed by atoms with van der Waals surface area (Å²) in [4.78, 5) is 2.19. The number of hydrogen-bond acceptors (Lipinski definition) is 1. The van der Waals surface area contributed by atoms with Crippen molar-refractivity contribution in [3.05, 3.63) is 119 Å². The van der Waals surface area contributed by atoms with Crippen molar-refractivity contribution in [2.75, 3.05) is 33.1 Å². The molecule has 2 nitrogen and oxygen atoms in total. The van der Waals surface area contributed by atoms with Crippen LogP contribution < -0.4 is 4.90 Å². The Bertz CT molecular complexity index is 1370. The number of benzene rings is 3. The van der Waals surface area contributed by atoms with Crippen LogP contribution in [0, 0.1) is 0 Å². The molecule has 0 heterocycles. The molecule has 0 fully saturated rings. The third-order valence-corrected chi connectivity index (χ3v) is 7.21. The van der Waals surface area contributed by atoms with E-state index in [2.05, 4.69) is 143 Å². The van der Waals surface area contributed by atoms with Crippen molar-refractivity contribution < 1.29 is 4.58 Å². The van der Waals surface area contributed by atoms with Gasteiger partial charge in [0.25, 0.3) is 0 Å². The molecule has 0 saturated carbocycles. The van der Waals surface area contributed by atoms with Crippen molar-refractivity contribution in [3.8, 4) is 11.1 Å². The summed E-state index contributed by atoms with van der Waals surface area (Å²) in [5, 5.41) is 0. The van der Waals surface area contributed by atoms with Gasteiger partial charge in [0.05, 0.1) is 0 Å². The average molecular weight is 462 g/mol. The predicted molar refractivity (Wildman–Crippen MR) is 153 cm³/mol. The fourth-order valence-electron chi connectivity index (χ4n) is 5.15. The van der Waals surface area contributed by atoms with E-state index in [-0.39, 0.29) is 12.8 Å². The lowest BCUT2D eigenvalue weighted by Gasteiger charge is -2.39. The SMILES string of the molecule is C.CN(C)c1ccc2c(c1)C(C)(C)C1=CC(=[N+](C)C)C=CC1=C2c1ccc(-c2ccccc2)cc1. The lowest BCUT2D eigenvalue weighted by atomic mass is 9.64. The molecular formula is C33H37N2+. The van der Waals surface area contributed by atoms with Crippen LogP contribution in [0.3, 0.4) is 0 Å². The monoisotopic (exact) mass is 461 g/mol. The highest BCUT2D eigenvalue weighted by atomic mass is 15.1. The Morgan fingerprint density at radius 3 is 2.00 bits per heavy atom. The summed E-state index contributed by atoms with van der Waals surface area (Å²) in [5.74, 6) is 0. The van der Waals surface area contributed by atoms with Crippen LogP contribution in [-0.4, -0.2) is 38.5 Å². The third-order valence-electron chi connectivity index (χ3n) is 7.21. The van der Waals surface area contributed by atoms with Gasteiger partial charge in [0, 0.05) is 37.3 Å². The molecule has 178 valence electrons. The van der Waals surface area contributed by atoms with Crippen molar-refractivity contribution in [1.82, 2.24) is 0 Å². The first-order valence-corrected chi connectivity index (χ1v) is 11.9. The Morgan fingerprint density at radius 1 is 0.743 bits per heavy atom. The molecule has 0 amide bonds. The molecule has 0 unspecified atom stereocenters. The van der Waals surface area contributed by atoms with E-state index in [0.717, 1.165) is 0 Å². The molecule has 2 heteroatoms. The summed E-state index contributed by atoms with van der Waals surface area (Å²) in [7, 11) is 8.45. The van der Waals surface area contributed by atoms with Gasteiger partial charge in [-0.25, -0.2) is 4.58 Å². The van der Waals surface area contributed by atoms with E-state index in [9.17, 15) is 0 Å². The normalized spacial score (nSPS) is 15.6. The minimum absolute atomic E-state index is 0. The first kappa shape index (κ1) is 24.5. The van der Waals surface area contributed by atoms with Crippen LogP contribution in [0.15, 0.2) is 102 Å². The topological polar surface area (TPSA) is 6.25 Å². The van der Waals surface area contributed by atoms with Gasteiger partial charge < -0.3 is 4.90 Å². The molecule has 2 aliphatic carbocycles. The van der Waals surface area contributed by atoms with Crippen LogP contribution in [-0.2, 0) is 5.41 Å². The van der Waals surface area contributed by atoms with Gasteiger partial charge in [0.1, 0.15) is 14.1 Å². The Balaban J connectivity index is 0.00000289. The lowest BCUT2D eigenvalue weighted by Crippen LogP contribution is -2.30. The van der Waals surface area contributed by atoms with E-state index in [1.807, 2.05) is 0 Å². The first-order valence-electron chi connectivity index (χ1n) is 11.9. The van der Waals surface area contributed by atoms with Gasteiger partial charge in [0.15, 0.2) is 5.71 Å². The molecule has 0 radical (unpaired) electrons. The van der Waals surface area contributed by atoms with Crippen molar-refractivity contribution in [2.24, 2.45) is 0 Å². The smallest absolute Gasteiger partial charge is 0.199 e. The van der Waals surface area contributed by atoms with Gasteiger partial charge in [-0.15, -0.1) is 0 Å². The predicted octanol–water partition coefficient (Wildman–Crippen LogP) is 7.36. The molecule has 0 spiro atoms. The zero-order valence-electron chi connectivity index (χ0n) is 21.1. The molecule has 3 aromatic rings. The van der Waals surface area contributed by atoms with Gasteiger partial charge in [-0.2, -0.15) is 0 Å². The molecule has 0 atom stereocenters. The van der Waals surface area contributed by atoms with E-state index in [1.54, 1.807) is 0 Å². The Kier molecular flexibility index (Phi) is 6.42. The van der Waals surface area contributed by atoms with Crippen LogP contribution in [0.5, 0.6) is 0 Å². The maximum absolute atomic E-state index is 2.37. The lowest BCUT2D eigenvalue weighted by molar-refractivity contribution is -0.462. The molecule has 0 aromatic heterocycles. The van der Waals surface area contributed by atoms with Gasteiger partial charge in [-0.3, -0.25) is 0 Å². The fourth-order valence-corrected chi connectivity index (χ4v) is 5.15. The van der Waals surface area contributed by atoms with Crippen molar-refractivity contribution in [1.29, 1.82) is 0 Å². The third kappa shape index (κ3) is 4.18. The van der Waals surface area contributed by atoms with Gasteiger partial charge in [-0.1, -0.05) is 81.9 Å². The Labute approximate surface area is 211 Å². The van der Waals surface area contributed by atoms with E-state index >= 15 is 0 Å². The average Bonchev–Trinajstić information content (AvgIpc) is 2.84. The second-order valence-corrected chi connectivity index (χ2v) is 10.2. The van der Waals surface area contributed by atoms with Gasteiger partial charge in [-0.05, 0) is 62.7 Å². The van der Waals surface area contributed by atoms with Crippen LogP contribution in [0.4, 0.5) is 5.69 Å². The van der Waals surface area contributed by atoms with Gasteiger partial charge in [0.2, 0.25) is 0 Å². The molecule has 5 rings (SSSR count). The van der Waals surface area contributed by atoms with E-state index in [0.29, 0.717) is 0 Å². The minimum atomic E-state index is -0.101. The molecule has 0 aliphatic heterocycles. The molecule has 0 N–H and O–H groups in total. The molecule has 35 heavy (non-hydrogen) atoms. The van der Waals surface area contributed by atoms with Crippen LogP contribution in [0.1, 0.15) is 38.0 Å². The van der Waals surface area contributed by atoms with Crippen LogP contribution in [0.25, 0.3) is 16.7 Å². The number of anilines is 1. The zero-order chi connectivity index (χ0) is 24.0. The molecule has 3 aromatic carbocycles. The number of rotatable bonds is 3. The van der Waals surface area contributed by atoms with E-state index in [4.69, 9.17) is 0 Å². The summed E-state index contributed by atoms with van der Waals surface area (Å²) in [5.41, 5.74) is 12.8. The van der Waals surface area contributed by atoms with E-state index < -0.39 is 0 Å². The van der Waals surface area contributed by atoms with Crippen molar-refractivity contribution >= 4 is 17.0 Å². The summed E-state index contributed by atoms with van der Waals surface area (Å²) >= 11 is 0. The zero-order valence-corrected chi connectivity index (χ0v) is 21.1. The summed E-state index contributed by atoms with van der Waals surface area (Å²) < 4.78 is 2.19. The Hall–Kier alpha value is -3.65. The van der Waals surface area contributed by atoms with Crippen molar-refractivity contribution in [2.45, 2.75) is 26.7 Å². The molecular weight excluding hydrogens is 424 g/mol. The number of fused-ring (bicyclic) bond motifs is 2. The quantitative estimate of drug-likeness (QED) is 0.369. The summed E-state index contributed by atoms with van der Waals surface area (Å²) in [6.07, 6.45) is 6.93. The number of allylic oxidation sites excluding steroid dienone is 5. The second kappa shape index (κ2) is 9.19. The summed E-state index contributed by atoms with van der Waals surface area (Å²) in [6.45, 7) is 4.72. The highest BCUT2D eigenvalue weighted by molar-refractivity contribution is 6.06. The highest BCUT2D eigenvalue weighted by Gasteiger charge is 2.38. The maximum atomic E-state index is 2.37. The number of nitrogens with zero attached hydrogens (tertiary/aromatic N) is 2. The molecule has 0 saturated heterocycles. The highest BCUT2D eigenvalue weighted by Crippen LogP contribution is 2.50. The minimum Gasteiger partial charge on any atom is -0.378 e. The maximum Gasteiger partial charge on any atom is 0.199 e. The van der Waals surface area contributed by atoms with Crippen molar-refractivity contribution in [3.63, 3.8) is 0 Å². The molecule has 0 bridgehead atoms. The largest absolute Gasteiger partial charge is 0.378 e. The second-order valence-electron chi connectivity index (χ2n) is 10.2. The number of hydrogen-bond donors (Lipinski definition) is 0. The van der Waals surface area contributed by atoms with Crippen LogP contribution in [0.2, 0.25) is 0 Å². The van der Waals surface area contributed by atoms with Crippen LogP contribution >= 0.6 is 0 Å². The first-order chi connectivity index (χ1) is 16.3. The van der Waals surface area contributed by atoms with E-state index in [1.165, 1.54) is 55.9 Å². The Morgan fingerprint density at radius 2 is 1.37 bits per heavy atom. The fraction of sp³-hybridized carbons (Fsp3) is 0.242. The standard InChI is InChI=1S/C32H33N2.CH4/c1-32(2)29-20-25(33(3)4)16-18-27(29)31(28-19-17-26(34(5)6)21-30(28)32)24-14-12-23(13-15-24)22-10-8-7-9-11-22;/h7-21H,1-6H3;1H4/q+1;.